The summed E-state index contributed by atoms with van der Waals surface area (Å²) in [5, 5.41) is 16.2. The summed E-state index contributed by atoms with van der Waals surface area (Å²) in [7, 11) is 0. The van der Waals surface area contributed by atoms with Crippen molar-refractivity contribution in [2.24, 2.45) is 17.8 Å². The van der Waals surface area contributed by atoms with Gasteiger partial charge in [0.2, 0.25) is 5.91 Å². The molecule has 1 amide bonds. The van der Waals surface area contributed by atoms with Gasteiger partial charge in [-0.1, -0.05) is 11.6 Å². The molecule has 3 saturated heterocycles. The Balaban J connectivity index is 1.17. The minimum absolute atomic E-state index is 0.0493. The number of piperidine rings is 1. The first kappa shape index (κ1) is 21.7. The lowest BCUT2D eigenvalue weighted by Gasteiger charge is -2.43. The maximum atomic E-state index is 12.6. The number of carbonyl (C=O) groups excluding carboxylic acids is 1. The number of aliphatic hydroxyl groups excluding tert-OH is 1. The normalized spacial score (nSPS) is 34.5. The zero-order valence-electron chi connectivity index (χ0n) is 18.8. The number of pyridine rings is 1. The second-order valence-electron chi connectivity index (χ2n) is 10.3. The molecule has 1 aromatic heterocycles. The van der Waals surface area contributed by atoms with Crippen LogP contribution >= 0.6 is 11.6 Å². The number of nitrogens with one attached hydrogen (secondary N) is 1. The van der Waals surface area contributed by atoms with Crippen LogP contribution in [0.4, 0.5) is 5.82 Å². The Labute approximate surface area is 198 Å². The number of benzene rings is 1. The molecule has 1 aliphatic carbocycles. The Morgan fingerprint density at radius 2 is 1.91 bits per heavy atom. The summed E-state index contributed by atoms with van der Waals surface area (Å²) in [6.45, 7) is 6.28. The van der Waals surface area contributed by atoms with Crippen LogP contribution in [0.1, 0.15) is 31.2 Å². The molecule has 1 aromatic carbocycles. The van der Waals surface area contributed by atoms with E-state index in [1.165, 1.54) is 0 Å². The van der Waals surface area contributed by atoms with E-state index in [2.05, 4.69) is 28.2 Å². The van der Waals surface area contributed by atoms with Crippen LogP contribution in [0.2, 0.25) is 5.02 Å². The van der Waals surface area contributed by atoms with Crippen molar-refractivity contribution < 1.29 is 19.4 Å². The van der Waals surface area contributed by atoms with Gasteiger partial charge < -0.3 is 19.9 Å². The molecule has 5 atom stereocenters. The van der Waals surface area contributed by atoms with Crippen molar-refractivity contribution in [3.63, 3.8) is 0 Å². The van der Waals surface area contributed by atoms with Crippen LogP contribution in [-0.2, 0) is 14.3 Å². The first-order chi connectivity index (χ1) is 15.9. The third kappa shape index (κ3) is 3.74. The number of halogens is 1. The van der Waals surface area contributed by atoms with E-state index in [1.807, 2.05) is 12.1 Å². The number of ether oxygens (including phenoxy) is 2. The molecule has 176 valence electrons. The highest BCUT2D eigenvalue weighted by Crippen LogP contribution is 2.51. The Hall–Kier alpha value is -1.77. The lowest BCUT2D eigenvalue weighted by atomic mass is 9.85. The summed E-state index contributed by atoms with van der Waals surface area (Å²) >= 11 is 6.70. The first-order valence-electron chi connectivity index (χ1n) is 11.9. The summed E-state index contributed by atoms with van der Waals surface area (Å²) in [5.41, 5.74) is 0.845. The summed E-state index contributed by atoms with van der Waals surface area (Å²) in [4.78, 5) is 19.4. The van der Waals surface area contributed by atoms with Crippen molar-refractivity contribution in [2.45, 2.75) is 37.3 Å². The SMILES string of the molecule is C[C@]1(N2CCC(c3cc4cc(NC(=O)C5C6COC[C@@H]65)ncc4cc3Cl)CC2)COC[C@H]1O. The van der Waals surface area contributed by atoms with Gasteiger partial charge in [-0.2, -0.15) is 0 Å². The van der Waals surface area contributed by atoms with Gasteiger partial charge in [-0.15, -0.1) is 0 Å². The van der Waals surface area contributed by atoms with E-state index in [-0.39, 0.29) is 17.4 Å². The van der Waals surface area contributed by atoms with Crippen molar-refractivity contribution >= 4 is 34.1 Å². The monoisotopic (exact) mass is 471 g/mol. The molecule has 0 spiro atoms. The highest BCUT2D eigenvalue weighted by molar-refractivity contribution is 6.32. The third-order valence-electron chi connectivity index (χ3n) is 8.39. The number of carbonyl (C=O) groups is 1. The highest BCUT2D eigenvalue weighted by atomic mass is 35.5. The van der Waals surface area contributed by atoms with Gasteiger partial charge in [0.1, 0.15) is 5.82 Å². The summed E-state index contributed by atoms with van der Waals surface area (Å²) in [6, 6.07) is 6.09. The maximum absolute atomic E-state index is 12.6. The van der Waals surface area contributed by atoms with Crippen molar-refractivity contribution in [3.05, 3.63) is 35.0 Å². The van der Waals surface area contributed by atoms with Crippen molar-refractivity contribution in [3.8, 4) is 0 Å². The number of rotatable bonds is 4. The molecular formula is C25H30ClN3O4. The van der Waals surface area contributed by atoms with Crippen LogP contribution < -0.4 is 5.32 Å². The molecule has 0 radical (unpaired) electrons. The zero-order valence-corrected chi connectivity index (χ0v) is 19.6. The molecule has 2 aromatic rings. The number of nitrogens with zero attached hydrogens (tertiary/aromatic N) is 2. The predicted molar refractivity (Wildman–Crippen MR) is 125 cm³/mol. The molecule has 2 N–H and O–H groups in total. The van der Waals surface area contributed by atoms with Crippen LogP contribution in [0.5, 0.6) is 0 Å². The fourth-order valence-electron chi connectivity index (χ4n) is 6.06. The number of amides is 1. The van der Waals surface area contributed by atoms with Gasteiger partial charge in [0.25, 0.3) is 0 Å². The second kappa shape index (κ2) is 8.17. The molecule has 7 nitrogen and oxygen atoms in total. The van der Waals surface area contributed by atoms with E-state index in [4.69, 9.17) is 21.1 Å². The summed E-state index contributed by atoms with van der Waals surface area (Å²) in [5.74, 6) is 1.81. The number of anilines is 1. The fourth-order valence-corrected chi connectivity index (χ4v) is 6.39. The molecule has 3 aliphatic heterocycles. The lowest BCUT2D eigenvalue weighted by molar-refractivity contribution is -0.118. The maximum Gasteiger partial charge on any atom is 0.229 e. The molecule has 4 aliphatic rings. The van der Waals surface area contributed by atoms with Gasteiger partial charge in [-0.05, 0) is 79.8 Å². The zero-order chi connectivity index (χ0) is 22.7. The Kier molecular flexibility index (Phi) is 5.38. The quantitative estimate of drug-likeness (QED) is 0.713. The number of hydrogen-bond donors (Lipinski definition) is 2. The van der Waals surface area contributed by atoms with Gasteiger partial charge >= 0.3 is 0 Å². The molecule has 2 unspecified atom stereocenters. The third-order valence-corrected chi connectivity index (χ3v) is 8.72. The topological polar surface area (TPSA) is 83.9 Å². The number of likely N-dealkylation sites (tertiary alicyclic amines) is 1. The van der Waals surface area contributed by atoms with Crippen molar-refractivity contribution in [1.82, 2.24) is 9.88 Å². The first-order valence-corrected chi connectivity index (χ1v) is 12.3. The molecule has 1 saturated carbocycles. The minimum atomic E-state index is -0.442. The summed E-state index contributed by atoms with van der Waals surface area (Å²) < 4.78 is 10.9. The average Bonchev–Trinajstić information content (AvgIpc) is 3.09. The summed E-state index contributed by atoms with van der Waals surface area (Å²) in [6.07, 6.45) is 3.30. The van der Waals surface area contributed by atoms with Gasteiger partial charge in [0.15, 0.2) is 0 Å². The smallest absolute Gasteiger partial charge is 0.229 e. The number of aliphatic hydroxyl groups is 1. The largest absolute Gasteiger partial charge is 0.389 e. The average molecular weight is 472 g/mol. The van der Waals surface area contributed by atoms with Crippen LogP contribution in [-0.4, -0.2) is 72.1 Å². The molecule has 8 heteroatoms. The highest BCUT2D eigenvalue weighted by Gasteiger charge is 2.58. The molecule has 4 fully saturated rings. The number of hydrogen-bond acceptors (Lipinski definition) is 6. The van der Waals surface area contributed by atoms with Crippen LogP contribution in [0.15, 0.2) is 24.4 Å². The van der Waals surface area contributed by atoms with Crippen LogP contribution in [0.25, 0.3) is 10.8 Å². The molecule has 0 bridgehead atoms. The van der Waals surface area contributed by atoms with Gasteiger partial charge in [-0.3, -0.25) is 9.69 Å². The van der Waals surface area contributed by atoms with E-state index >= 15 is 0 Å². The van der Waals surface area contributed by atoms with Gasteiger partial charge in [-0.25, -0.2) is 4.98 Å². The number of aromatic nitrogens is 1. The van der Waals surface area contributed by atoms with E-state index in [9.17, 15) is 9.90 Å². The second-order valence-corrected chi connectivity index (χ2v) is 10.7. The molecule has 33 heavy (non-hydrogen) atoms. The van der Waals surface area contributed by atoms with Crippen molar-refractivity contribution in [2.75, 3.05) is 44.8 Å². The minimum Gasteiger partial charge on any atom is -0.389 e. The Morgan fingerprint density at radius 1 is 1.15 bits per heavy atom. The van der Waals surface area contributed by atoms with E-state index in [0.29, 0.717) is 50.0 Å². The van der Waals surface area contributed by atoms with Crippen LogP contribution in [0.3, 0.4) is 0 Å². The number of fused-ring (bicyclic) bond motifs is 2. The fraction of sp³-hybridized carbons (Fsp3) is 0.600. The molecule has 4 heterocycles. The molecule has 6 rings (SSSR count). The van der Waals surface area contributed by atoms with Gasteiger partial charge in [0.05, 0.1) is 38.1 Å². The Morgan fingerprint density at radius 3 is 2.61 bits per heavy atom. The molecular weight excluding hydrogens is 442 g/mol. The van der Waals surface area contributed by atoms with E-state index in [1.54, 1.807) is 6.20 Å². The van der Waals surface area contributed by atoms with Crippen molar-refractivity contribution in [1.29, 1.82) is 0 Å². The van der Waals surface area contributed by atoms with Crippen LogP contribution in [0, 0.1) is 17.8 Å². The Bertz CT molecular complexity index is 1080. The van der Waals surface area contributed by atoms with Gasteiger partial charge in [0, 0.05) is 22.5 Å². The van der Waals surface area contributed by atoms with E-state index < -0.39 is 6.10 Å². The predicted octanol–water partition coefficient (Wildman–Crippen LogP) is 3.05. The lowest BCUT2D eigenvalue weighted by Crippen LogP contribution is -2.56. The van der Waals surface area contributed by atoms with E-state index in [0.717, 1.165) is 47.3 Å². The standard InChI is InChI=1S/C25H30ClN3O4/c1-25(13-33-12-21(25)30)29-4-2-14(3-5-29)17-6-15-8-22(27-9-16(15)7-20(17)26)28-24(31)23-18-10-32-11-19(18)23/h6-9,14,18-19,21,23,30H,2-5,10-13H2,1H3,(H,27,28,31)/t18-,19?,21+,23?,25-/m0/s1.